The van der Waals surface area contributed by atoms with Crippen molar-refractivity contribution in [2.45, 2.75) is 39.0 Å². The van der Waals surface area contributed by atoms with Gasteiger partial charge in [-0.25, -0.2) is 17.6 Å². The topological polar surface area (TPSA) is 60.4 Å². The minimum Gasteiger partial charge on any atom is -0.462 e. The van der Waals surface area contributed by atoms with Gasteiger partial charge in [0.2, 0.25) is 0 Å². The highest BCUT2D eigenvalue weighted by Gasteiger charge is 2.22. The highest BCUT2D eigenvalue weighted by molar-refractivity contribution is 8.13. The molecule has 1 aromatic rings. The molecule has 7 heteroatoms. The molecule has 1 aromatic carbocycles. The fourth-order valence-electron chi connectivity index (χ4n) is 1.65. The number of carbonyl (C=O) groups is 1. The van der Waals surface area contributed by atoms with Crippen molar-refractivity contribution in [1.29, 1.82) is 0 Å². The second-order valence-corrected chi connectivity index (χ2v) is 8.50. The zero-order valence-corrected chi connectivity index (χ0v) is 13.9. The Labute approximate surface area is 128 Å². The molecule has 0 saturated carbocycles. The summed E-state index contributed by atoms with van der Waals surface area (Å²) in [5.41, 5.74) is -0.0719. The van der Waals surface area contributed by atoms with E-state index in [0.29, 0.717) is 6.42 Å². The molecule has 0 aliphatic heterocycles. The summed E-state index contributed by atoms with van der Waals surface area (Å²) >= 11 is 0. The maximum Gasteiger partial charge on any atom is 0.338 e. The second kappa shape index (κ2) is 6.32. The highest BCUT2D eigenvalue weighted by atomic mass is 35.7. The van der Waals surface area contributed by atoms with Crippen LogP contribution in [0.2, 0.25) is 0 Å². The van der Waals surface area contributed by atoms with Crippen LogP contribution >= 0.6 is 10.7 Å². The van der Waals surface area contributed by atoms with Gasteiger partial charge in [-0.3, -0.25) is 0 Å². The molecule has 0 saturated heterocycles. The molecule has 0 N–H and O–H groups in total. The largest absolute Gasteiger partial charge is 0.462 e. The Balaban J connectivity index is 3.03. The number of halogens is 2. The summed E-state index contributed by atoms with van der Waals surface area (Å²) in [5, 5.41) is 0. The Hall–Kier alpha value is -1.14. The first-order chi connectivity index (χ1) is 9.42. The molecule has 0 aromatic heterocycles. The predicted octanol–water partition coefficient (Wildman–Crippen LogP) is 3.65. The van der Waals surface area contributed by atoms with Crippen molar-refractivity contribution < 1.29 is 22.3 Å². The summed E-state index contributed by atoms with van der Waals surface area (Å²) in [6.07, 6.45) is 0.633. The van der Waals surface area contributed by atoms with Crippen molar-refractivity contribution >= 4 is 25.7 Å². The van der Waals surface area contributed by atoms with Crippen LogP contribution < -0.4 is 0 Å². The molecule has 0 heterocycles. The molecular formula is C14H18ClFO4S. The summed E-state index contributed by atoms with van der Waals surface area (Å²) in [6.45, 7) is 7.53. The van der Waals surface area contributed by atoms with Gasteiger partial charge in [0, 0.05) is 10.7 Å². The maximum atomic E-state index is 13.5. The predicted molar refractivity (Wildman–Crippen MR) is 78.5 cm³/mol. The third-order valence-corrected chi connectivity index (χ3v) is 4.34. The average molecular weight is 337 g/mol. The standard InChI is InChI=1S/C14H18ClFO4S/c1-9-11(13(17)20-6-5-14(2,3)4)7-10(16)8-12(9)21(15,18)19/h7-8H,5-6H2,1-4H3. The lowest BCUT2D eigenvalue weighted by atomic mass is 9.93. The van der Waals surface area contributed by atoms with Crippen LogP contribution in [0.1, 0.15) is 43.1 Å². The van der Waals surface area contributed by atoms with Gasteiger partial charge in [-0.05, 0) is 36.5 Å². The van der Waals surface area contributed by atoms with Gasteiger partial charge in [0.05, 0.1) is 17.1 Å². The van der Waals surface area contributed by atoms with E-state index in [0.717, 1.165) is 12.1 Å². The smallest absolute Gasteiger partial charge is 0.338 e. The van der Waals surface area contributed by atoms with Gasteiger partial charge in [-0.2, -0.15) is 0 Å². The van der Waals surface area contributed by atoms with E-state index in [1.807, 2.05) is 20.8 Å². The lowest BCUT2D eigenvalue weighted by Gasteiger charge is -2.18. The molecular weight excluding hydrogens is 319 g/mol. The van der Waals surface area contributed by atoms with Gasteiger partial charge in [-0.15, -0.1) is 0 Å². The average Bonchev–Trinajstić information content (AvgIpc) is 2.28. The first-order valence-corrected chi connectivity index (χ1v) is 8.65. The number of esters is 1. The van der Waals surface area contributed by atoms with Crippen LogP contribution in [-0.4, -0.2) is 21.0 Å². The van der Waals surface area contributed by atoms with Gasteiger partial charge in [0.15, 0.2) is 0 Å². The fourth-order valence-corrected chi connectivity index (χ4v) is 2.86. The molecule has 0 amide bonds. The van der Waals surface area contributed by atoms with Crippen LogP contribution in [0.3, 0.4) is 0 Å². The van der Waals surface area contributed by atoms with E-state index >= 15 is 0 Å². The number of hydrogen-bond donors (Lipinski definition) is 0. The molecule has 4 nitrogen and oxygen atoms in total. The summed E-state index contributed by atoms with van der Waals surface area (Å²) in [4.78, 5) is 11.5. The summed E-state index contributed by atoms with van der Waals surface area (Å²) in [6, 6.07) is 1.73. The lowest BCUT2D eigenvalue weighted by Crippen LogP contribution is -2.15. The molecule has 1 rings (SSSR count). The van der Waals surface area contributed by atoms with E-state index in [2.05, 4.69) is 0 Å². The SMILES string of the molecule is Cc1c(C(=O)OCCC(C)(C)C)cc(F)cc1S(=O)(=O)Cl. The first-order valence-electron chi connectivity index (χ1n) is 6.34. The van der Waals surface area contributed by atoms with Crippen LogP contribution in [0.5, 0.6) is 0 Å². The molecule has 0 bridgehead atoms. The van der Waals surface area contributed by atoms with E-state index in [1.54, 1.807) is 0 Å². The first kappa shape index (κ1) is 17.9. The van der Waals surface area contributed by atoms with E-state index in [1.165, 1.54) is 6.92 Å². The van der Waals surface area contributed by atoms with Crippen LogP contribution in [0.4, 0.5) is 4.39 Å². The Morgan fingerprint density at radius 2 is 1.90 bits per heavy atom. The van der Waals surface area contributed by atoms with E-state index < -0.39 is 25.7 Å². The van der Waals surface area contributed by atoms with Crippen molar-refractivity contribution in [3.05, 3.63) is 29.1 Å². The number of hydrogen-bond acceptors (Lipinski definition) is 4. The number of carbonyl (C=O) groups excluding carboxylic acids is 1. The third kappa shape index (κ3) is 5.28. The fraction of sp³-hybridized carbons (Fsp3) is 0.500. The lowest BCUT2D eigenvalue weighted by molar-refractivity contribution is 0.0463. The summed E-state index contributed by atoms with van der Waals surface area (Å²) in [7, 11) is 1.10. The second-order valence-electron chi connectivity index (χ2n) is 5.96. The van der Waals surface area contributed by atoms with Gasteiger partial charge < -0.3 is 4.74 Å². The number of benzene rings is 1. The van der Waals surface area contributed by atoms with Crippen LogP contribution in [-0.2, 0) is 13.8 Å². The van der Waals surface area contributed by atoms with E-state index in [4.69, 9.17) is 15.4 Å². The quantitative estimate of drug-likeness (QED) is 0.622. The summed E-state index contributed by atoms with van der Waals surface area (Å²) in [5.74, 6) is -1.62. The zero-order valence-electron chi connectivity index (χ0n) is 12.4. The van der Waals surface area contributed by atoms with Crippen molar-refractivity contribution in [3.8, 4) is 0 Å². The van der Waals surface area contributed by atoms with Gasteiger partial charge in [-0.1, -0.05) is 20.8 Å². The molecule has 0 spiro atoms. The molecule has 21 heavy (non-hydrogen) atoms. The maximum absolute atomic E-state index is 13.5. The number of rotatable bonds is 4. The minimum absolute atomic E-state index is 0.0120. The Bertz CT molecular complexity index is 648. The van der Waals surface area contributed by atoms with Crippen molar-refractivity contribution in [3.63, 3.8) is 0 Å². The van der Waals surface area contributed by atoms with Gasteiger partial charge in [0.1, 0.15) is 5.82 Å². The Kier molecular flexibility index (Phi) is 5.39. The number of ether oxygens (including phenoxy) is 1. The molecule has 0 radical (unpaired) electrons. The molecule has 0 fully saturated rings. The molecule has 118 valence electrons. The van der Waals surface area contributed by atoms with Crippen LogP contribution in [0, 0.1) is 18.2 Å². The van der Waals surface area contributed by atoms with Crippen LogP contribution in [0.25, 0.3) is 0 Å². The molecule has 0 aliphatic carbocycles. The Morgan fingerprint density at radius 3 is 2.38 bits per heavy atom. The normalized spacial score (nSPS) is 12.3. The zero-order chi connectivity index (χ0) is 16.4. The summed E-state index contributed by atoms with van der Waals surface area (Å²) < 4.78 is 41.3. The molecule has 0 aliphatic rings. The van der Waals surface area contributed by atoms with Crippen molar-refractivity contribution in [2.24, 2.45) is 5.41 Å². The van der Waals surface area contributed by atoms with Gasteiger partial charge in [0.25, 0.3) is 9.05 Å². The van der Waals surface area contributed by atoms with E-state index in [9.17, 15) is 17.6 Å². The van der Waals surface area contributed by atoms with E-state index in [-0.39, 0.29) is 23.1 Å². The van der Waals surface area contributed by atoms with Crippen LogP contribution in [0.15, 0.2) is 17.0 Å². The van der Waals surface area contributed by atoms with Crippen molar-refractivity contribution in [2.75, 3.05) is 6.61 Å². The monoisotopic (exact) mass is 336 g/mol. The van der Waals surface area contributed by atoms with Crippen molar-refractivity contribution in [1.82, 2.24) is 0 Å². The highest BCUT2D eigenvalue weighted by Crippen LogP contribution is 2.25. The minimum atomic E-state index is -4.13. The Morgan fingerprint density at radius 1 is 1.33 bits per heavy atom. The molecule has 0 atom stereocenters. The molecule has 0 unspecified atom stereocenters. The third-order valence-electron chi connectivity index (χ3n) is 2.89. The van der Waals surface area contributed by atoms with Gasteiger partial charge >= 0.3 is 5.97 Å².